The molecule has 0 aromatic heterocycles. The molecule has 4 N–H and O–H groups in total. The average molecular weight is 307 g/mol. The summed E-state index contributed by atoms with van der Waals surface area (Å²) in [5, 5.41) is 0.499. The van der Waals surface area contributed by atoms with Gasteiger partial charge < -0.3 is 16.4 Å². The molecule has 7 heteroatoms. The molecule has 0 radical (unpaired) electrons. The summed E-state index contributed by atoms with van der Waals surface area (Å²) in [5.74, 6) is -0.682. The van der Waals surface area contributed by atoms with E-state index in [0.29, 0.717) is 35.8 Å². The lowest BCUT2D eigenvalue weighted by Gasteiger charge is -2.23. The molecule has 0 bridgehead atoms. The minimum absolute atomic E-state index is 0.129. The molecule has 1 aliphatic heterocycles. The fourth-order valence-electron chi connectivity index (χ4n) is 2.11. The van der Waals surface area contributed by atoms with E-state index in [1.54, 1.807) is 24.3 Å². The van der Waals surface area contributed by atoms with Gasteiger partial charge in [-0.25, -0.2) is 0 Å². The zero-order chi connectivity index (χ0) is 15.4. The lowest BCUT2D eigenvalue weighted by molar-refractivity contribution is -0.118. The van der Waals surface area contributed by atoms with E-state index in [0.717, 1.165) is 0 Å². The van der Waals surface area contributed by atoms with Crippen molar-refractivity contribution in [2.24, 2.45) is 16.5 Å². The van der Waals surface area contributed by atoms with Crippen LogP contribution >= 0.6 is 11.6 Å². The molecule has 0 saturated heterocycles. The summed E-state index contributed by atoms with van der Waals surface area (Å²) < 4.78 is 0. The molecule has 0 saturated carbocycles. The van der Waals surface area contributed by atoms with E-state index in [2.05, 4.69) is 4.99 Å². The first kappa shape index (κ1) is 15.1. The molecule has 0 spiro atoms. The van der Waals surface area contributed by atoms with Crippen LogP contribution in [0.5, 0.6) is 0 Å². The van der Waals surface area contributed by atoms with Gasteiger partial charge in [-0.2, -0.15) is 0 Å². The molecule has 1 aliphatic rings. The van der Waals surface area contributed by atoms with Gasteiger partial charge in [-0.15, -0.1) is 0 Å². The van der Waals surface area contributed by atoms with Crippen LogP contribution in [0.1, 0.15) is 5.56 Å². The zero-order valence-corrected chi connectivity index (χ0v) is 12.0. The van der Waals surface area contributed by atoms with Crippen LogP contribution in [0, 0.1) is 0 Å². The van der Waals surface area contributed by atoms with Gasteiger partial charge in [-0.05, 0) is 17.7 Å². The molecule has 0 fully saturated rings. The van der Waals surface area contributed by atoms with Gasteiger partial charge >= 0.3 is 0 Å². The Morgan fingerprint density at radius 2 is 2.14 bits per heavy atom. The van der Waals surface area contributed by atoms with Crippen molar-refractivity contribution in [3.05, 3.63) is 40.4 Å². The minimum Gasteiger partial charge on any atom is -0.398 e. The second-order valence-corrected chi connectivity index (χ2v) is 5.00. The number of primary amides is 1. The third-order valence-corrected chi connectivity index (χ3v) is 3.37. The highest BCUT2D eigenvalue weighted by atomic mass is 35.5. The van der Waals surface area contributed by atoms with Gasteiger partial charge in [0.2, 0.25) is 6.41 Å². The SMILES string of the molecule is NC(=O)C(C1=NCCN(C=O)C1)=C(N)c1cccc(Cl)c1. The summed E-state index contributed by atoms with van der Waals surface area (Å²) in [4.78, 5) is 28.4. The number of carbonyl (C=O) groups excluding carboxylic acids is 2. The third-order valence-electron chi connectivity index (χ3n) is 3.13. The highest BCUT2D eigenvalue weighted by Crippen LogP contribution is 2.20. The average Bonchev–Trinajstić information content (AvgIpc) is 2.47. The van der Waals surface area contributed by atoms with Crippen molar-refractivity contribution >= 4 is 35.3 Å². The van der Waals surface area contributed by atoms with E-state index in [1.165, 1.54) is 4.90 Å². The van der Waals surface area contributed by atoms with Crippen molar-refractivity contribution in [2.75, 3.05) is 19.6 Å². The maximum atomic E-state index is 11.8. The van der Waals surface area contributed by atoms with Crippen LogP contribution in [-0.2, 0) is 9.59 Å². The number of amides is 2. The zero-order valence-electron chi connectivity index (χ0n) is 11.3. The molecular weight excluding hydrogens is 292 g/mol. The van der Waals surface area contributed by atoms with Crippen LogP contribution in [0.3, 0.4) is 0 Å². The van der Waals surface area contributed by atoms with Crippen molar-refractivity contribution in [2.45, 2.75) is 0 Å². The van der Waals surface area contributed by atoms with E-state index in [4.69, 9.17) is 23.1 Å². The smallest absolute Gasteiger partial charge is 0.252 e. The van der Waals surface area contributed by atoms with Crippen LogP contribution in [0.25, 0.3) is 5.70 Å². The standard InChI is InChI=1S/C14H15ClN4O2/c15-10-3-1-2-9(6-10)13(16)12(14(17)21)11-7-19(8-20)5-4-18-11/h1-3,6,8H,4-5,7,16H2,(H2,17,21). The molecule has 21 heavy (non-hydrogen) atoms. The Labute approximate surface area is 127 Å². The van der Waals surface area contributed by atoms with E-state index in [9.17, 15) is 9.59 Å². The number of hydrogen-bond acceptors (Lipinski definition) is 4. The maximum Gasteiger partial charge on any atom is 0.252 e. The molecule has 2 rings (SSSR count). The van der Waals surface area contributed by atoms with E-state index in [-0.39, 0.29) is 17.8 Å². The van der Waals surface area contributed by atoms with Crippen LogP contribution < -0.4 is 11.5 Å². The first-order valence-electron chi connectivity index (χ1n) is 6.31. The molecular formula is C14H15ClN4O2. The number of carbonyl (C=O) groups is 2. The van der Waals surface area contributed by atoms with E-state index in [1.807, 2.05) is 0 Å². The van der Waals surface area contributed by atoms with Crippen molar-refractivity contribution in [1.29, 1.82) is 0 Å². The Morgan fingerprint density at radius 3 is 2.76 bits per heavy atom. The van der Waals surface area contributed by atoms with Gasteiger partial charge in [0, 0.05) is 11.6 Å². The lowest BCUT2D eigenvalue weighted by atomic mass is 10.0. The third kappa shape index (κ3) is 3.41. The number of benzene rings is 1. The first-order valence-corrected chi connectivity index (χ1v) is 6.69. The normalized spacial score (nSPS) is 16.0. The van der Waals surface area contributed by atoms with Gasteiger partial charge in [0.25, 0.3) is 5.91 Å². The first-order chi connectivity index (χ1) is 10.0. The summed E-state index contributed by atoms with van der Waals surface area (Å²) in [6.45, 7) is 1.13. The monoisotopic (exact) mass is 306 g/mol. The molecule has 1 heterocycles. The van der Waals surface area contributed by atoms with Crippen LogP contribution in [0.2, 0.25) is 5.02 Å². The Bertz CT molecular complexity index is 640. The second-order valence-electron chi connectivity index (χ2n) is 4.57. The molecule has 1 aromatic rings. The second kappa shape index (κ2) is 6.41. The van der Waals surface area contributed by atoms with Crippen molar-refractivity contribution in [3.63, 3.8) is 0 Å². The molecule has 2 amide bonds. The Balaban J connectivity index is 2.47. The van der Waals surface area contributed by atoms with Crippen molar-refractivity contribution in [3.8, 4) is 0 Å². The van der Waals surface area contributed by atoms with E-state index >= 15 is 0 Å². The number of halogens is 1. The lowest BCUT2D eigenvalue weighted by Crippen LogP contribution is -2.39. The maximum absolute atomic E-state index is 11.8. The summed E-state index contributed by atoms with van der Waals surface area (Å²) >= 11 is 5.93. The molecule has 110 valence electrons. The van der Waals surface area contributed by atoms with E-state index < -0.39 is 5.91 Å². The highest BCUT2D eigenvalue weighted by Gasteiger charge is 2.22. The Hall–Kier alpha value is -2.34. The number of nitrogens with two attached hydrogens (primary N) is 2. The van der Waals surface area contributed by atoms with Crippen LogP contribution in [0.15, 0.2) is 34.8 Å². The van der Waals surface area contributed by atoms with Gasteiger partial charge in [0.1, 0.15) is 0 Å². The highest BCUT2D eigenvalue weighted by molar-refractivity contribution is 6.31. The van der Waals surface area contributed by atoms with Gasteiger partial charge in [0.15, 0.2) is 0 Å². The quantitative estimate of drug-likeness (QED) is 0.622. The number of aliphatic imine (C=N–C) groups is 1. The number of rotatable bonds is 4. The summed E-state index contributed by atoms with van der Waals surface area (Å²) in [6.07, 6.45) is 0.711. The molecule has 0 unspecified atom stereocenters. The Kier molecular flexibility index (Phi) is 4.59. The molecule has 6 nitrogen and oxygen atoms in total. The molecule has 1 aromatic carbocycles. The largest absolute Gasteiger partial charge is 0.398 e. The molecule has 0 aliphatic carbocycles. The fourth-order valence-corrected chi connectivity index (χ4v) is 2.30. The molecule has 0 atom stereocenters. The van der Waals surface area contributed by atoms with Crippen LogP contribution in [0.4, 0.5) is 0 Å². The topological polar surface area (TPSA) is 102 Å². The van der Waals surface area contributed by atoms with Gasteiger partial charge in [-0.3, -0.25) is 14.6 Å². The predicted molar refractivity (Wildman–Crippen MR) is 81.7 cm³/mol. The van der Waals surface area contributed by atoms with Crippen molar-refractivity contribution in [1.82, 2.24) is 4.90 Å². The summed E-state index contributed by atoms with van der Waals surface area (Å²) in [7, 11) is 0. The summed E-state index contributed by atoms with van der Waals surface area (Å²) in [6, 6.07) is 6.80. The Morgan fingerprint density at radius 1 is 1.38 bits per heavy atom. The van der Waals surface area contributed by atoms with Gasteiger partial charge in [-0.1, -0.05) is 23.7 Å². The van der Waals surface area contributed by atoms with Crippen molar-refractivity contribution < 1.29 is 9.59 Å². The van der Waals surface area contributed by atoms with Crippen LogP contribution in [-0.4, -0.2) is 42.6 Å². The minimum atomic E-state index is -0.682. The van der Waals surface area contributed by atoms with Gasteiger partial charge in [0.05, 0.1) is 30.1 Å². The number of hydrogen-bond donors (Lipinski definition) is 2. The summed E-state index contributed by atoms with van der Waals surface area (Å²) in [5.41, 5.74) is 12.8. The predicted octanol–water partition coefficient (Wildman–Crippen LogP) is 0.408. The number of nitrogens with zero attached hydrogens (tertiary/aromatic N) is 2. The fraction of sp³-hybridized carbons (Fsp3) is 0.214.